The molecular weight excluding hydrogens is 342 g/mol. The summed E-state index contributed by atoms with van der Waals surface area (Å²) in [5, 5.41) is 9.90. The molecular formula is C21H35N3O3. The van der Waals surface area contributed by atoms with Crippen molar-refractivity contribution in [1.82, 2.24) is 14.4 Å². The maximum atomic E-state index is 13.1. The Kier molecular flexibility index (Phi) is 6.28. The van der Waals surface area contributed by atoms with Gasteiger partial charge >= 0.3 is 0 Å². The van der Waals surface area contributed by atoms with Crippen LogP contribution in [0.2, 0.25) is 0 Å². The number of hydrogen-bond acceptors (Lipinski definition) is 4. The van der Waals surface area contributed by atoms with Gasteiger partial charge in [-0.05, 0) is 46.6 Å². The molecule has 1 N–H and O–H groups in total. The highest BCUT2D eigenvalue weighted by atomic mass is 16.5. The summed E-state index contributed by atoms with van der Waals surface area (Å²) in [4.78, 5) is 17.5. The van der Waals surface area contributed by atoms with Crippen molar-refractivity contribution in [3.63, 3.8) is 0 Å². The fourth-order valence-electron chi connectivity index (χ4n) is 4.96. The normalized spacial score (nSPS) is 29.5. The lowest BCUT2D eigenvalue weighted by Gasteiger charge is -2.37. The van der Waals surface area contributed by atoms with E-state index in [1.54, 1.807) is 0 Å². The van der Waals surface area contributed by atoms with Crippen molar-refractivity contribution in [2.24, 2.45) is 11.8 Å². The van der Waals surface area contributed by atoms with Crippen molar-refractivity contribution in [1.29, 1.82) is 0 Å². The van der Waals surface area contributed by atoms with E-state index < -0.39 is 0 Å². The van der Waals surface area contributed by atoms with Crippen LogP contribution < -0.4 is 0 Å². The van der Waals surface area contributed by atoms with Crippen LogP contribution in [-0.4, -0.2) is 76.9 Å². The number of amides is 1. The highest BCUT2D eigenvalue weighted by Gasteiger charge is 2.37. The summed E-state index contributed by atoms with van der Waals surface area (Å²) in [6.07, 6.45) is 0.472. The van der Waals surface area contributed by atoms with Crippen LogP contribution in [0.3, 0.4) is 0 Å². The van der Waals surface area contributed by atoms with Gasteiger partial charge < -0.3 is 19.3 Å². The van der Waals surface area contributed by atoms with E-state index in [2.05, 4.69) is 37.2 Å². The molecule has 2 saturated heterocycles. The van der Waals surface area contributed by atoms with Crippen LogP contribution in [0.5, 0.6) is 0 Å². The molecule has 0 bridgehead atoms. The van der Waals surface area contributed by atoms with E-state index in [1.807, 2.05) is 17.9 Å². The number of aryl methyl sites for hydroxylation is 1. The second-order valence-corrected chi connectivity index (χ2v) is 8.42. The zero-order chi connectivity index (χ0) is 19.7. The highest BCUT2D eigenvalue weighted by molar-refractivity contribution is 5.96. The Hall–Kier alpha value is -1.37. The predicted molar refractivity (Wildman–Crippen MR) is 106 cm³/mol. The van der Waals surface area contributed by atoms with Crippen molar-refractivity contribution in [3.05, 3.63) is 23.0 Å². The molecule has 2 aliphatic heterocycles. The number of carbonyl (C=O) groups is 1. The Balaban J connectivity index is 1.69. The van der Waals surface area contributed by atoms with Crippen molar-refractivity contribution in [2.45, 2.75) is 53.4 Å². The van der Waals surface area contributed by atoms with Crippen molar-refractivity contribution >= 4 is 5.91 Å². The summed E-state index contributed by atoms with van der Waals surface area (Å²) in [6.45, 7) is 15.5. The van der Waals surface area contributed by atoms with Gasteiger partial charge in [0.15, 0.2) is 0 Å². The van der Waals surface area contributed by atoms with E-state index in [0.717, 1.165) is 49.7 Å². The number of morpholine rings is 1. The van der Waals surface area contributed by atoms with Gasteiger partial charge in [0, 0.05) is 63.2 Å². The van der Waals surface area contributed by atoms with E-state index in [0.29, 0.717) is 12.5 Å². The van der Waals surface area contributed by atoms with Crippen molar-refractivity contribution in [3.8, 4) is 0 Å². The van der Waals surface area contributed by atoms with E-state index >= 15 is 0 Å². The zero-order valence-corrected chi connectivity index (χ0v) is 17.4. The highest BCUT2D eigenvalue weighted by Crippen LogP contribution is 2.28. The monoisotopic (exact) mass is 377 g/mol. The molecule has 0 unspecified atom stereocenters. The van der Waals surface area contributed by atoms with Crippen LogP contribution >= 0.6 is 0 Å². The van der Waals surface area contributed by atoms with E-state index in [1.165, 1.54) is 0 Å². The molecule has 0 aromatic carbocycles. The molecule has 0 saturated carbocycles. The SMILES string of the molecule is CCn1c(C)cc(C(=O)N2C[C@@H](CN3C[C@@H](C)O[C@@H](C)C3)[C@@H](CO)C2)c1C. The quantitative estimate of drug-likeness (QED) is 0.852. The van der Waals surface area contributed by atoms with E-state index in [4.69, 9.17) is 4.74 Å². The maximum Gasteiger partial charge on any atom is 0.255 e. The third kappa shape index (κ3) is 4.23. The lowest BCUT2D eigenvalue weighted by atomic mass is 9.96. The molecule has 0 aliphatic carbocycles. The van der Waals surface area contributed by atoms with E-state index in [9.17, 15) is 9.90 Å². The number of aromatic nitrogens is 1. The first-order chi connectivity index (χ1) is 12.8. The first kappa shape index (κ1) is 20.4. The van der Waals surface area contributed by atoms with Crippen LogP contribution in [0.25, 0.3) is 0 Å². The summed E-state index contributed by atoms with van der Waals surface area (Å²) in [6, 6.07) is 2.01. The van der Waals surface area contributed by atoms with Crippen LogP contribution in [0.1, 0.15) is 42.5 Å². The average molecular weight is 378 g/mol. The molecule has 0 radical (unpaired) electrons. The standard InChI is InChI=1S/C21H35N3O3/c1-6-24-14(2)7-20(17(24)5)21(26)23-11-18(19(12-23)13-25)10-22-8-15(3)27-16(4)9-22/h7,15-16,18-19,25H,6,8-13H2,1-5H3/t15-,16+,18-,19-/m1/s1. The van der Waals surface area contributed by atoms with Gasteiger partial charge in [-0.3, -0.25) is 9.69 Å². The summed E-state index contributed by atoms with van der Waals surface area (Å²) in [5.41, 5.74) is 2.98. The molecule has 4 atom stereocenters. The number of hydrogen-bond donors (Lipinski definition) is 1. The minimum Gasteiger partial charge on any atom is -0.396 e. The Morgan fingerprint density at radius 3 is 2.33 bits per heavy atom. The second-order valence-electron chi connectivity index (χ2n) is 8.42. The lowest BCUT2D eigenvalue weighted by Crippen LogP contribution is -2.48. The van der Waals surface area contributed by atoms with Gasteiger partial charge in [-0.1, -0.05) is 0 Å². The summed E-state index contributed by atoms with van der Waals surface area (Å²) < 4.78 is 8.01. The molecule has 2 fully saturated rings. The molecule has 3 rings (SSSR count). The lowest BCUT2D eigenvalue weighted by molar-refractivity contribution is -0.0726. The smallest absolute Gasteiger partial charge is 0.255 e. The number of aliphatic hydroxyl groups excluding tert-OH is 1. The fourth-order valence-corrected chi connectivity index (χ4v) is 4.96. The molecule has 6 heteroatoms. The summed E-state index contributed by atoms with van der Waals surface area (Å²) in [7, 11) is 0. The van der Waals surface area contributed by atoms with Gasteiger partial charge in [-0.15, -0.1) is 0 Å². The Labute approximate surface area is 163 Å². The molecule has 2 aliphatic rings. The second kappa shape index (κ2) is 8.33. The van der Waals surface area contributed by atoms with E-state index in [-0.39, 0.29) is 30.6 Å². The zero-order valence-electron chi connectivity index (χ0n) is 17.4. The molecule has 6 nitrogen and oxygen atoms in total. The topological polar surface area (TPSA) is 57.9 Å². The predicted octanol–water partition coefficient (Wildman–Crippen LogP) is 1.91. The summed E-state index contributed by atoms with van der Waals surface area (Å²) >= 11 is 0. The molecule has 3 heterocycles. The Bertz CT molecular complexity index is 662. The number of likely N-dealkylation sites (tertiary alicyclic amines) is 1. The first-order valence-corrected chi connectivity index (χ1v) is 10.3. The van der Waals surface area contributed by atoms with Gasteiger partial charge in [0.05, 0.1) is 17.8 Å². The minimum atomic E-state index is 0.104. The molecule has 0 spiro atoms. The van der Waals surface area contributed by atoms with Crippen LogP contribution in [0.4, 0.5) is 0 Å². The molecule has 152 valence electrons. The van der Waals surface area contributed by atoms with Gasteiger partial charge in [-0.2, -0.15) is 0 Å². The molecule has 1 amide bonds. The first-order valence-electron chi connectivity index (χ1n) is 10.3. The van der Waals surface area contributed by atoms with Crippen molar-refractivity contribution < 1.29 is 14.6 Å². The Morgan fingerprint density at radius 2 is 1.78 bits per heavy atom. The fraction of sp³-hybridized carbons (Fsp3) is 0.762. The number of ether oxygens (including phenoxy) is 1. The molecule has 27 heavy (non-hydrogen) atoms. The minimum absolute atomic E-state index is 0.104. The molecule has 1 aromatic rings. The maximum absolute atomic E-state index is 13.1. The van der Waals surface area contributed by atoms with Gasteiger partial charge in [-0.25, -0.2) is 0 Å². The van der Waals surface area contributed by atoms with Crippen LogP contribution in [0.15, 0.2) is 6.07 Å². The molecule has 1 aromatic heterocycles. The number of nitrogens with zero attached hydrogens (tertiary/aromatic N) is 3. The number of rotatable bonds is 5. The average Bonchev–Trinajstić information content (AvgIpc) is 3.13. The number of aliphatic hydroxyl groups is 1. The third-order valence-electron chi connectivity index (χ3n) is 6.21. The van der Waals surface area contributed by atoms with Crippen molar-refractivity contribution in [2.75, 3.05) is 39.3 Å². The third-order valence-corrected chi connectivity index (χ3v) is 6.21. The summed E-state index contributed by atoms with van der Waals surface area (Å²) in [5.74, 6) is 0.565. The number of carbonyl (C=O) groups excluding carboxylic acids is 1. The van der Waals surface area contributed by atoms with Gasteiger partial charge in [0.2, 0.25) is 0 Å². The van der Waals surface area contributed by atoms with Gasteiger partial charge in [0.25, 0.3) is 5.91 Å². The van der Waals surface area contributed by atoms with Crippen LogP contribution in [-0.2, 0) is 11.3 Å². The van der Waals surface area contributed by atoms with Crippen LogP contribution in [0, 0.1) is 25.7 Å². The Morgan fingerprint density at radius 1 is 1.15 bits per heavy atom. The van der Waals surface area contributed by atoms with Gasteiger partial charge in [0.1, 0.15) is 0 Å². The largest absolute Gasteiger partial charge is 0.396 e.